The number of aliphatic imine (C=N–C) groups is 1. The van der Waals surface area contributed by atoms with E-state index in [1.54, 1.807) is 11.4 Å². The van der Waals surface area contributed by atoms with Crippen molar-refractivity contribution in [1.82, 2.24) is 14.5 Å². The van der Waals surface area contributed by atoms with Crippen LogP contribution in [-0.4, -0.2) is 81.3 Å². The first kappa shape index (κ1) is 17.5. The van der Waals surface area contributed by atoms with Crippen LogP contribution in [0.4, 0.5) is 0 Å². The fourth-order valence-electron chi connectivity index (χ4n) is 3.04. The number of nitrogens with zero attached hydrogens (tertiary/aromatic N) is 3. The molecule has 0 saturated carbocycles. The number of hydrogen-bond donors (Lipinski definition) is 1. The number of morpholine rings is 1. The first-order valence-corrected chi connectivity index (χ1v) is 9.62. The Morgan fingerprint density at radius 3 is 2.36 bits per heavy atom. The second kappa shape index (κ2) is 7.61. The highest BCUT2D eigenvalue weighted by Gasteiger charge is 2.30. The van der Waals surface area contributed by atoms with Crippen LogP contribution in [0.3, 0.4) is 0 Å². The van der Waals surface area contributed by atoms with Gasteiger partial charge in [0.2, 0.25) is 10.0 Å². The summed E-state index contributed by atoms with van der Waals surface area (Å²) in [4.78, 5) is 6.40. The van der Waals surface area contributed by atoms with Crippen molar-refractivity contribution in [2.24, 2.45) is 4.99 Å². The Hall–Kier alpha value is -0.860. The molecule has 2 fully saturated rings. The average molecular weight is 332 g/mol. The zero-order chi connectivity index (χ0) is 16.2. The molecule has 128 valence electrons. The maximum absolute atomic E-state index is 12.4. The van der Waals surface area contributed by atoms with Crippen LogP contribution in [0, 0.1) is 0 Å². The van der Waals surface area contributed by atoms with Gasteiger partial charge >= 0.3 is 0 Å². The second-order valence-electron chi connectivity index (χ2n) is 6.06. The summed E-state index contributed by atoms with van der Waals surface area (Å²) < 4.78 is 32.0. The standard InChI is InChI=1S/C14H28N4O3S/c1-12-10-18(11-13(2)21-12)22(19,20)9-6-16-14(15-3)17-7-4-5-8-17/h12-13H,4-11H2,1-3H3,(H,15,16). The van der Waals surface area contributed by atoms with Crippen LogP contribution in [0.25, 0.3) is 0 Å². The monoisotopic (exact) mass is 332 g/mol. The highest BCUT2D eigenvalue weighted by Crippen LogP contribution is 2.14. The van der Waals surface area contributed by atoms with E-state index in [1.165, 1.54) is 12.8 Å². The molecule has 2 rings (SSSR count). The molecule has 2 aliphatic heterocycles. The number of nitrogens with one attached hydrogen (secondary N) is 1. The Bertz CT molecular complexity index is 478. The summed E-state index contributed by atoms with van der Waals surface area (Å²) in [5, 5.41) is 3.17. The Balaban J connectivity index is 1.84. The molecule has 0 aromatic rings. The lowest BCUT2D eigenvalue weighted by Crippen LogP contribution is -2.50. The Kier molecular flexibility index (Phi) is 6.05. The lowest BCUT2D eigenvalue weighted by molar-refractivity contribution is -0.0440. The Morgan fingerprint density at radius 2 is 1.82 bits per heavy atom. The van der Waals surface area contributed by atoms with Crippen molar-refractivity contribution in [3.8, 4) is 0 Å². The number of ether oxygens (including phenoxy) is 1. The lowest BCUT2D eigenvalue weighted by Gasteiger charge is -2.34. The highest BCUT2D eigenvalue weighted by molar-refractivity contribution is 7.89. The molecule has 0 aromatic heterocycles. The molecule has 2 heterocycles. The van der Waals surface area contributed by atoms with Gasteiger partial charge in [0.1, 0.15) is 0 Å². The largest absolute Gasteiger partial charge is 0.373 e. The molecule has 2 unspecified atom stereocenters. The molecule has 0 amide bonds. The van der Waals surface area contributed by atoms with Crippen LogP contribution in [0.1, 0.15) is 26.7 Å². The molecule has 22 heavy (non-hydrogen) atoms. The lowest BCUT2D eigenvalue weighted by atomic mass is 10.3. The third-order valence-corrected chi connectivity index (χ3v) is 5.84. The molecular weight excluding hydrogens is 304 g/mol. The summed E-state index contributed by atoms with van der Waals surface area (Å²) in [5.41, 5.74) is 0. The molecule has 0 spiro atoms. The highest BCUT2D eigenvalue weighted by atomic mass is 32.2. The third kappa shape index (κ3) is 4.57. The fraction of sp³-hybridized carbons (Fsp3) is 0.929. The summed E-state index contributed by atoms with van der Waals surface area (Å²) in [7, 11) is -1.52. The molecule has 1 N–H and O–H groups in total. The molecule has 0 aliphatic carbocycles. The molecule has 8 heteroatoms. The molecule has 0 aromatic carbocycles. The molecule has 0 bridgehead atoms. The number of rotatable bonds is 4. The van der Waals surface area contributed by atoms with E-state index in [9.17, 15) is 8.42 Å². The smallest absolute Gasteiger partial charge is 0.216 e. The summed E-state index contributed by atoms with van der Waals surface area (Å²) in [6, 6.07) is 0. The number of guanidine groups is 1. The van der Waals surface area contributed by atoms with Crippen molar-refractivity contribution >= 4 is 16.0 Å². The van der Waals surface area contributed by atoms with Crippen molar-refractivity contribution in [3.63, 3.8) is 0 Å². The average Bonchev–Trinajstić information content (AvgIpc) is 2.96. The normalized spacial score (nSPS) is 28.1. The zero-order valence-corrected chi connectivity index (χ0v) is 14.6. The van der Waals surface area contributed by atoms with Gasteiger partial charge in [0.25, 0.3) is 0 Å². The van der Waals surface area contributed by atoms with Crippen LogP contribution in [0.2, 0.25) is 0 Å². The van der Waals surface area contributed by atoms with Crippen LogP contribution >= 0.6 is 0 Å². The minimum absolute atomic E-state index is 0.0520. The van der Waals surface area contributed by atoms with Crippen molar-refractivity contribution in [2.45, 2.75) is 38.9 Å². The molecule has 2 saturated heterocycles. The maximum Gasteiger partial charge on any atom is 0.216 e. The maximum atomic E-state index is 12.4. The van der Waals surface area contributed by atoms with Gasteiger partial charge in [0, 0.05) is 39.8 Å². The van der Waals surface area contributed by atoms with E-state index in [0.29, 0.717) is 19.6 Å². The minimum atomic E-state index is -3.26. The van der Waals surface area contributed by atoms with E-state index in [-0.39, 0.29) is 18.0 Å². The van der Waals surface area contributed by atoms with Gasteiger partial charge in [-0.2, -0.15) is 4.31 Å². The SMILES string of the molecule is CN=C(NCCS(=O)(=O)N1CC(C)OC(C)C1)N1CCCC1. The fourth-order valence-corrected chi connectivity index (χ4v) is 4.53. The zero-order valence-electron chi connectivity index (χ0n) is 13.8. The number of sulfonamides is 1. The summed E-state index contributed by atoms with van der Waals surface area (Å²) in [5.74, 6) is 0.885. The Labute approximate surface area is 133 Å². The topological polar surface area (TPSA) is 74.2 Å². The van der Waals surface area contributed by atoms with Gasteiger partial charge in [-0.1, -0.05) is 0 Å². The van der Waals surface area contributed by atoms with E-state index in [1.807, 2.05) is 13.8 Å². The first-order valence-electron chi connectivity index (χ1n) is 8.01. The summed E-state index contributed by atoms with van der Waals surface area (Å²) >= 11 is 0. The number of hydrogen-bond acceptors (Lipinski definition) is 4. The van der Waals surface area contributed by atoms with Crippen molar-refractivity contribution in [1.29, 1.82) is 0 Å². The molecule has 7 nitrogen and oxygen atoms in total. The van der Waals surface area contributed by atoms with Gasteiger partial charge in [-0.05, 0) is 26.7 Å². The van der Waals surface area contributed by atoms with E-state index >= 15 is 0 Å². The van der Waals surface area contributed by atoms with E-state index in [2.05, 4.69) is 15.2 Å². The van der Waals surface area contributed by atoms with E-state index in [4.69, 9.17) is 4.74 Å². The minimum Gasteiger partial charge on any atom is -0.373 e. The summed E-state index contributed by atoms with van der Waals surface area (Å²) in [6.07, 6.45) is 2.23. The third-order valence-electron chi connectivity index (χ3n) is 4.04. The Morgan fingerprint density at radius 1 is 1.23 bits per heavy atom. The quantitative estimate of drug-likeness (QED) is 0.584. The van der Waals surface area contributed by atoms with Crippen LogP contribution < -0.4 is 5.32 Å². The van der Waals surface area contributed by atoms with Gasteiger partial charge in [0.15, 0.2) is 5.96 Å². The predicted octanol–water partition coefficient (Wildman–Crippen LogP) is 0.0966. The molecule has 2 aliphatic rings. The van der Waals surface area contributed by atoms with Gasteiger partial charge < -0.3 is 15.0 Å². The summed E-state index contributed by atoms with van der Waals surface area (Å²) in [6.45, 7) is 7.06. The van der Waals surface area contributed by atoms with E-state index in [0.717, 1.165) is 19.0 Å². The van der Waals surface area contributed by atoms with E-state index < -0.39 is 10.0 Å². The first-order chi connectivity index (χ1) is 10.4. The van der Waals surface area contributed by atoms with Crippen LogP contribution in [0.15, 0.2) is 4.99 Å². The van der Waals surface area contributed by atoms with Crippen molar-refractivity contribution in [2.75, 3.05) is 45.5 Å². The molecule has 2 atom stereocenters. The van der Waals surface area contributed by atoms with Gasteiger partial charge in [-0.15, -0.1) is 0 Å². The molecule has 0 radical (unpaired) electrons. The molecular formula is C14H28N4O3S. The van der Waals surface area contributed by atoms with Gasteiger partial charge in [-0.3, -0.25) is 4.99 Å². The second-order valence-corrected chi connectivity index (χ2v) is 8.15. The van der Waals surface area contributed by atoms with Gasteiger partial charge in [-0.25, -0.2) is 8.42 Å². The van der Waals surface area contributed by atoms with Crippen LogP contribution in [-0.2, 0) is 14.8 Å². The van der Waals surface area contributed by atoms with Crippen molar-refractivity contribution < 1.29 is 13.2 Å². The van der Waals surface area contributed by atoms with Gasteiger partial charge in [0.05, 0.1) is 18.0 Å². The van der Waals surface area contributed by atoms with Crippen LogP contribution in [0.5, 0.6) is 0 Å². The predicted molar refractivity (Wildman–Crippen MR) is 87.5 cm³/mol. The number of likely N-dealkylation sites (tertiary alicyclic amines) is 1. The van der Waals surface area contributed by atoms with Crippen molar-refractivity contribution in [3.05, 3.63) is 0 Å².